The lowest BCUT2D eigenvalue weighted by molar-refractivity contribution is 0.0767. The highest BCUT2D eigenvalue weighted by atomic mass is 15.5. The number of para-hydroxylation sites is 1. The van der Waals surface area contributed by atoms with E-state index in [2.05, 4.69) is 43.1 Å². The van der Waals surface area contributed by atoms with E-state index in [1.165, 1.54) is 43.4 Å². The molecule has 1 heterocycles. The van der Waals surface area contributed by atoms with E-state index in [0.29, 0.717) is 5.41 Å². The third kappa shape index (κ3) is 1.37. The fourth-order valence-electron chi connectivity index (χ4n) is 3.83. The summed E-state index contributed by atoms with van der Waals surface area (Å²) in [4.78, 5) is 0. The third-order valence-electron chi connectivity index (χ3n) is 5.31. The van der Waals surface area contributed by atoms with E-state index in [4.69, 9.17) is 5.84 Å². The van der Waals surface area contributed by atoms with Gasteiger partial charge in [0.15, 0.2) is 0 Å². The molecular weight excluding hydrogens is 208 g/mol. The van der Waals surface area contributed by atoms with Crippen molar-refractivity contribution in [2.45, 2.75) is 51.5 Å². The van der Waals surface area contributed by atoms with E-state index < -0.39 is 0 Å². The van der Waals surface area contributed by atoms with E-state index in [1.54, 1.807) is 0 Å². The summed E-state index contributed by atoms with van der Waals surface area (Å²) >= 11 is 0. The first-order chi connectivity index (χ1) is 8.07. The number of anilines is 1. The smallest absolute Gasteiger partial charge is 0.0589 e. The molecule has 1 aromatic carbocycles. The van der Waals surface area contributed by atoms with Gasteiger partial charge in [0.2, 0.25) is 0 Å². The Kier molecular flexibility index (Phi) is 2.27. The summed E-state index contributed by atoms with van der Waals surface area (Å²) in [5.41, 5.74) is 3.10. The van der Waals surface area contributed by atoms with Crippen LogP contribution in [0.4, 0.5) is 5.69 Å². The van der Waals surface area contributed by atoms with Crippen molar-refractivity contribution in [2.24, 2.45) is 11.3 Å². The summed E-state index contributed by atoms with van der Waals surface area (Å²) in [6.07, 6.45) is 6.34. The maximum absolute atomic E-state index is 6.45. The molecule has 1 aromatic rings. The SMILES string of the molecule is CC12CCCCC1(C)N(N)c1ccccc1C2. The van der Waals surface area contributed by atoms with E-state index in [-0.39, 0.29) is 5.54 Å². The molecule has 2 nitrogen and oxygen atoms in total. The Morgan fingerprint density at radius 3 is 2.65 bits per heavy atom. The molecule has 3 rings (SSSR count). The predicted molar refractivity (Wildman–Crippen MR) is 71.8 cm³/mol. The van der Waals surface area contributed by atoms with Crippen molar-refractivity contribution < 1.29 is 0 Å². The highest BCUT2D eigenvalue weighted by molar-refractivity contribution is 5.58. The van der Waals surface area contributed by atoms with Crippen molar-refractivity contribution in [2.75, 3.05) is 5.01 Å². The molecule has 0 radical (unpaired) electrons. The Morgan fingerprint density at radius 2 is 1.82 bits per heavy atom. The Labute approximate surface area is 104 Å². The molecule has 0 spiro atoms. The maximum atomic E-state index is 6.45. The standard InChI is InChI=1S/C15H22N2/c1-14-9-5-6-10-15(14,2)17(16)13-8-4-3-7-12(13)11-14/h3-4,7-8H,5-6,9-11,16H2,1-2H3. The van der Waals surface area contributed by atoms with E-state index >= 15 is 0 Å². The van der Waals surface area contributed by atoms with E-state index in [0.717, 1.165) is 0 Å². The number of fused-ring (bicyclic) bond motifs is 2. The quantitative estimate of drug-likeness (QED) is 0.693. The lowest BCUT2D eigenvalue weighted by atomic mass is 9.58. The molecule has 0 amide bonds. The summed E-state index contributed by atoms with van der Waals surface area (Å²) in [7, 11) is 0. The van der Waals surface area contributed by atoms with Crippen LogP contribution in [0.3, 0.4) is 0 Å². The van der Waals surface area contributed by atoms with Gasteiger partial charge < -0.3 is 5.01 Å². The van der Waals surface area contributed by atoms with Gasteiger partial charge in [0.25, 0.3) is 0 Å². The van der Waals surface area contributed by atoms with Crippen LogP contribution in [-0.4, -0.2) is 5.54 Å². The van der Waals surface area contributed by atoms with E-state index in [1.807, 2.05) is 0 Å². The minimum atomic E-state index is 0.125. The van der Waals surface area contributed by atoms with Crippen LogP contribution < -0.4 is 10.9 Å². The van der Waals surface area contributed by atoms with Gasteiger partial charge >= 0.3 is 0 Å². The number of nitrogens with zero attached hydrogens (tertiary/aromatic N) is 1. The van der Waals surface area contributed by atoms with Crippen molar-refractivity contribution in [3.63, 3.8) is 0 Å². The van der Waals surface area contributed by atoms with Crippen LogP contribution in [0, 0.1) is 5.41 Å². The van der Waals surface area contributed by atoms with Gasteiger partial charge in [0.1, 0.15) is 0 Å². The van der Waals surface area contributed by atoms with Gasteiger partial charge in [-0.15, -0.1) is 0 Å². The molecule has 0 saturated heterocycles. The van der Waals surface area contributed by atoms with Crippen LogP contribution in [0.2, 0.25) is 0 Å². The van der Waals surface area contributed by atoms with Gasteiger partial charge in [-0.1, -0.05) is 38.0 Å². The number of hydrogen-bond acceptors (Lipinski definition) is 2. The number of nitrogens with two attached hydrogens (primary N) is 1. The maximum Gasteiger partial charge on any atom is 0.0589 e. The van der Waals surface area contributed by atoms with Gasteiger partial charge in [-0.05, 0) is 43.2 Å². The Morgan fingerprint density at radius 1 is 1.12 bits per heavy atom. The minimum absolute atomic E-state index is 0.125. The monoisotopic (exact) mass is 230 g/mol. The van der Waals surface area contributed by atoms with Crippen molar-refractivity contribution in [1.29, 1.82) is 0 Å². The van der Waals surface area contributed by atoms with Gasteiger partial charge in [0.05, 0.1) is 11.2 Å². The molecule has 1 saturated carbocycles. The van der Waals surface area contributed by atoms with Crippen LogP contribution in [0.5, 0.6) is 0 Å². The minimum Gasteiger partial charge on any atom is -0.304 e. The second kappa shape index (κ2) is 3.49. The topological polar surface area (TPSA) is 29.3 Å². The molecule has 2 unspecified atom stereocenters. The number of hydrogen-bond donors (Lipinski definition) is 1. The largest absolute Gasteiger partial charge is 0.304 e. The Balaban J connectivity index is 2.13. The molecule has 2 atom stereocenters. The second-order valence-corrected chi connectivity index (χ2v) is 6.22. The third-order valence-corrected chi connectivity index (χ3v) is 5.31. The molecule has 0 aromatic heterocycles. The van der Waals surface area contributed by atoms with Crippen LogP contribution in [0.25, 0.3) is 0 Å². The first kappa shape index (κ1) is 11.1. The number of benzene rings is 1. The first-order valence-corrected chi connectivity index (χ1v) is 6.70. The Hall–Kier alpha value is -1.02. The summed E-state index contributed by atoms with van der Waals surface area (Å²) in [6, 6.07) is 8.61. The average molecular weight is 230 g/mol. The summed E-state index contributed by atoms with van der Waals surface area (Å²) < 4.78 is 0. The lowest BCUT2D eigenvalue weighted by Gasteiger charge is -2.58. The summed E-state index contributed by atoms with van der Waals surface area (Å²) in [5, 5.41) is 2.06. The van der Waals surface area contributed by atoms with Crippen LogP contribution in [-0.2, 0) is 6.42 Å². The highest BCUT2D eigenvalue weighted by Gasteiger charge is 2.52. The zero-order valence-electron chi connectivity index (χ0n) is 10.9. The lowest BCUT2D eigenvalue weighted by Crippen LogP contribution is -2.65. The molecule has 2 N–H and O–H groups in total. The number of hydrazine groups is 1. The number of rotatable bonds is 0. The molecule has 92 valence electrons. The predicted octanol–water partition coefficient (Wildman–Crippen LogP) is 3.26. The Bertz CT molecular complexity index is 442. The molecule has 17 heavy (non-hydrogen) atoms. The fraction of sp³-hybridized carbons (Fsp3) is 0.600. The highest BCUT2D eigenvalue weighted by Crippen LogP contribution is 2.53. The summed E-state index contributed by atoms with van der Waals surface area (Å²) in [5.74, 6) is 6.45. The first-order valence-electron chi connectivity index (χ1n) is 6.70. The second-order valence-electron chi connectivity index (χ2n) is 6.22. The van der Waals surface area contributed by atoms with Gasteiger partial charge in [-0.3, -0.25) is 0 Å². The molecule has 0 bridgehead atoms. The van der Waals surface area contributed by atoms with Crippen molar-refractivity contribution in [3.8, 4) is 0 Å². The van der Waals surface area contributed by atoms with Gasteiger partial charge in [-0.2, -0.15) is 0 Å². The normalized spacial score (nSPS) is 36.3. The fourth-order valence-corrected chi connectivity index (χ4v) is 3.83. The van der Waals surface area contributed by atoms with Crippen LogP contribution in [0.15, 0.2) is 24.3 Å². The van der Waals surface area contributed by atoms with E-state index in [9.17, 15) is 0 Å². The molecular formula is C15H22N2. The zero-order valence-corrected chi connectivity index (χ0v) is 10.9. The molecule has 2 aliphatic rings. The average Bonchev–Trinajstić information content (AvgIpc) is 2.32. The van der Waals surface area contributed by atoms with Crippen molar-refractivity contribution in [1.82, 2.24) is 0 Å². The molecule has 1 aliphatic carbocycles. The van der Waals surface area contributed by atoms with Crippen LogP contribution in [0.1, 0.15) is 45.1 Å². The summed E-state index contributed by atoms with van der Waals surface area (Å²) in [6.45, 7) is 4.77. The van der Waals surface area contributed by atoms with Gasteiger partial charge in [0, 0.05) is 0 Å². The molecule has 2 heteroatoms. The van der Waals surface area contributed by atoms with Crippen molar-refractivity contribution in [3.05, 3.63) is 29.8 Å². The zero-order chi connectivity index (χ0) is 12.1. The van der Waals surface area contributed by atoms with Gasteiger partial charge in [-0.25, -0.2) is 5.84 Å². The molecule has 1 fully saturated rings. The van der Waals surface area contributed by atoms with Crippen molar-refractivity contribution >= 4 is 5.69 Å². The molecule has 1 aliphatic heterocycles. The van der Waals surface area contributed by atoms with Crippen LogP contribution >= 0.6 is 0 Å².